The average molecular weight is 192 g/mol. The highest BCUT2D eigenvalue weighted by atomic mass is 16.6. The molecule has 0 aliphatic heterocycles. The van der Waals surface area contributed by atoms with E-state index in [-0.39, 0.29) is 0 Å². The van der Waals surface area contributed by atoms with Crippen molar-refractivity contribution in [2.45, 2.75) is 6.92 Å². The Balaban J connectivity index is 2.74. The highest BCUT2D eigenvalue weighted by Gasteiger charge is 2.03. The van der Waals surface area contributed by atoms with Crippen LogP contribution in [-0.4, -0.2) is 17.9 Å². The molecule has 0 unspecified atom stereocenters. The highest BCUT2D eigenvalue weighted by Crippen LogP contribution is 2.06. The van der Waals surface area contributed by atoms with E-state index in [4.69, 9.17) is 5.11 Å². The van der Waals surface area contributed by atoms with E-state index < -0.39 is 12.8 Å². The Kier molecular flexibility index (Phi) is 3.88. The maximum Gasteiger partial charge on any atom is 0.335 e. The number of carbonyl (C=O) groups is 1. The summed E-state index contributed by atoms with van der Waals surface area (Å²) in [5, 5.41) is 8.38. The second kappa shape index (κ2) is 5.19. The summed E-state index contributed by atoms with van der Waals surface area (Å²) in [6, 6.07) is 9.44. The van der Waals surface area contributed by atoms with Crippen LogP contribution in [0.2, 0.25) is 0 Å². The molecule has 14 heavy (non-hydrogen) atoms. The summed E-state index contributed by atoms with van der Waals surface area (Å²) >= 11 is 0. The van der Waals surface area contributed by atoms with E-state index in [1.54, 1.807) is 13.0 Å². The van der Waals surface area contributed by atoms with Gasteiger partial charge in [0, 0.05) is 5.57 Å². The molecule has 1 N–H and O–H groups in total. The minimum absolute atomic E-state index is 0.463. The molecule has 3 nitrogen and oxygen atoms in total. The van der Waals surface area contributed by atoms with Crippen LogP contribution < -0.4 is 0 Å². The van der Waals surface area contributed by atoms with Gasteiger partial charge in [0.2, 0.25) is 0 Å². The zero-order valence-corrected chi connectivity index (χ0v) is 7.93. The maximum atomic E-state index is 11.1. The van der Waals surface area contributed by atoms with Crippen molar-refractivity contribution in [3.63, 3.8) is 0 Å². The predicted octanol–water partition coefficient (Wildman–Crippen LogP) is 1.58. The Labute approximate surface area is 82.6 Å². The van der Waals surface area contributed by atoms with Crippen molar-refractivity contribution in [2.24, 2.45) is 0 Å². The van der Waals surface area contributed by atoms with E-state index in [9.17, 15) is 4.79 Å². The molecule has 0 radical (unpaired) electrons. The SMILES string of the molecule is CC(=Cc1ccccc1)C(=O)OCO. The quantitative estimate of drug-likeness (QED) is 0.449. The van der Waals surface area contributed by atoms with Gasteiger partial charge in [-0.2, -0.15) is 0 Å². The summed E-state index contributed by atoms with van der Waals surface area (Å²) in [6.45, 7) is 1.06. The summed E-state index contributed by atoms with van der Waals surface area (Å²) in [5.74, 6) is -0.503. The molecule has 1 aromatic rings. The number of carbonyl (C=O) groups excluding carboxylic acids is 1. The van der Waals surface area contributed by atoms with E-state index in [0.29, 0.717) is 5.57 Å². The molecule has 0 heterocycles. The van der Waals surface area contributed by atoms with Crippen LogP contribution in [0.3, 0.4) is 0 Å². The van der Waals surface area contributed by atoms with Crippen LogP contribution in [-0.2, 0) is 9.53 Å². The lowest BCUT2D eigenvalue weighted by atomic mass is 10.1. The molecule has 1 aromatic carbocycles. The molecule has 0 atom stereocenters. The molecule has 0 spiro atoms. The molecule has 74 valence electrons. The lowest BCUT2D eigenvalue weighted by Gasteiger charge is -2.00. The largest absolute Gasteiger partial charge is 0.435 e. The number of benzene rings is 1. The van der Waals surface area contributed by atoms with E-state index >= 15 is 0 Å². The Hall–Kier alpha value is -1.61. The van der Waals surface area contributed by atoms with Crippen LogP contribution in [0.5, 0.6) is 0 Å². The minimum atomic E-state index is -0.585. The van der Waals surface area contributed by atoms with Crippen LogP contribution in [0.4, 0.5) is 0 Å². The van der Waals surface area contributed by atoms with Crippen molar-refractivity contribution < 1.29 is 14.6 Å². The first-order valence-corrected chi connectivity index (χ1v) is 4.25. The molecule has 3 heteroatoms. The van der Waals surface area contributed by atoms with Gasteiger partial charge in [0.1, 0.15) is 0 Å². The summed E-state index contributed by atoms with van der Waals surface area (Å²) in [5.41, 5.74) is 1.39. The molecule has 0 bridgehead atoms. The molecule has 1 rings (SSSR count). The monoisotopic (exact) mass is 192 g/mol. The van der Waals surface area contributed by atoms with E-state index in [0.717, 1.165) is 5.56 Å². The van der Waals surface area contributed by atoms with Crippen LogP contribution >= 0.6 is 0 Å². The first-order chi connectivity index (χ1) is 6.74. The molecule has 0 aliphatic rings. The van der Waals surface area contributed by atoms with Gasteiger partial charge in [-0.1, -0.05) is 30.3 Å². The number of esters is 1. The minimum Gasteiger partial charge on any atom is -0.435 e. The lowest BCUT2D eigenvalue weighted by Crippen LogP contribution is -2.06. The van der Waals surface area contributed by atoms with Crippen molar-refractivity contribution in [2.75, 3.05) is 6.79 Å². The third-order valence-corrected chi connectivity index (χ3v) is 1.70. The molecule has 0 amide bonds. The van der Waals surface area contributed by atoms with Gasteiger partial charge in [0.25, 0.3) is 0 Å². The fraction of sp³-hybridized carbons (Fsp3) is 0.182. The van der Waals surface area contributed by atoms with Crippen molar-refractivity contribution in [3.05, 3.63) is 41.5 Å². The highest BCUT2D eigenvalue weighted by molar-refractivity contribution is 5.92. The summed E-state index contributed by atoms with van der Waals surface area (Å²) < 4.78 is 4.42. The summed E-state index contributed by atoms with van der Waals surface area (Å²) in [7, 11) is 0. The topological polar surface area (TPSA) is 46.5 Å². The van der Waals surface area contributed by atoms with Crippen LogP contribution in [0.15, 0.2) is 35.9 Å². The Bertz CT molecular complexity index is 328. The van der Waals surface area contributed by atoms with Gasteiger partial charge in [-0.3, -0.25) is 0 Å². The molecule has 0 aromatic heterocycles. The molecular formula is C11H12O3. The van der Waals surface area contributed by atoms with Crippen LogP contribution in [0.1, 0.15) is 12.5 Å². The molecule has 0 saturated carbocycles. The van der Waals surface area contributed by atoms with Gasteiger partial charge >= 0.3 is 5.97 Å². The molecule has 0 aliphatic carbocycles. The van der Waals surface area contributed by atoms with Crippen molar-refractivity contribution in [1.29, 1.82) is 0 Å². The number of aliphatic hydroxyl groups excluding tert-OH is 1. The third kappa shape index (κ3) is 3.03. The Morgan fingerprint density at radius 1 is 1.43 bits per heavy atom. The molecule has 0 fully saturated rings. The Morgan fingerprint density at radius 3 is 2.64 bits per heavy atom. The van der Waals surface area contributed by atoms with Gasteiger partial charge in [-0.05, 0) is 18.6 Å². The number of rotatable bonds is 3. The van der Waals surface area contributed by atoms with Gasteiger partial charge < -0.3 is 9.84 Å². The predicted molar refractivity (Wildman–Crippen MR) is 53.3 cm³/mol. The smallest absolute Gasteiger partial charge is 0.335 e. The summed E-state index contributed by atoms with van der Waals surface area (Å²) in [4.78, 5) is 11.1. The van der Waals surface area contributed by atoms with Crippen molar-refractivity contribution in [1.82, 2.24) is 0 Å². The van der Waals surface area contributed by atoms with E-state index in [2.05, 4.69) is 4.74 Å². The fourth-order valence-electron chi connectivity index (χ4n) is 1.03. The van der Waals surface area contributed by atoms with Gasteiger partial charge in [-0.15, -0.1) is 0 Å². The van der Waals surface area contributed by atoms with Crippen LogP contribution in [0.25, 0.3) is 6.08 Å². The second-order valence-corrected chi connectivity index (χ2v) is 2.80. The summed E-state index contributed by atoms with van der Waals surface area (Å²) in [6.07, 6.45) is 1.71. The number of hydrogen-bond donors (Lipinski definition) is 1. The average Bonchev–Trinajstić information content (AvgIpc) is 2.19. The van der Waals surface area contributed by atoms with E-state index in [1.807, 2.05) is 30.3 Å². The molecular weight excluding hydrogens is 180 g/mol. The van der Waals surface area contributed by atoms with Crippen molar-refractivity contribution >= 4 is 12.0 Å². The normalized spacial score (nSPS) is 11.1. The molecule has 0 saturated heterocycles. The second-order valence-electron chi connectivity index (χ2n) is 2.80. The number of hydrogen-bond acceptors (Lipinski definition) is 3. The standard InChI is InChI=1S/C11H12O3/c1-9(11(13)14-8-12)7-10-5-3-2-4-6-10/h2-7,12H,8H2,1H3. The number of aliphatic hydroxyl groups is 1. The Morgan fingerprint density at radius 2 is 2.07 bits per heavy atom. The first-order valence-electron chi connectivity index (χ1n) is 4.25. The number of ether oxygens (including phenoxy) is 1. The van der Waals surface area contributed by atoms with Crippen LogP contribution in [0, 0.1) is 0 Å². The maximum absolute atomic E-state index is 11.1. The zero-order valence-electron chi connectivity index (χ0n) is 7.93. The van der Waals surface area contributed by atoms with Crippen molar-refractivity contribution in [3.8, 4) is 0 Å². The third-order valence-electron chi connectivity index (χ3n) is 1.70. The zero-order chi connectivity index (χ0) is 10.4. The van der Waals surface area contributed by atoms with E-state index in [1.165, 1.54) is 0 Å². The van der Waals surface area contributed by atoms with Gasteiger partial charge in [-0.25, -0.2) is 4.79 Å². The first kappa shape index (κ1) is 10.5. The fourth-order valence-corrected chi connectivity index (χ4v) is 1.03. The lowest BCUT2D eigenvalue weighted by molar-refractivity contribution is -0.146. The van der Waals surface area contributed by atoms with Gasteiger partial charge in [0.15, 0.2) is 6.79 Å². The van der Waals surface area contributed by atoms with Gasteiger partial charge in [0.05, 0.1) is 0 Å².